The molecule has 5 rings (SSSR count). The molecule has 0 bridgehead atoms. The zero-order valence-corrected chi connectivity index (χ0v) is 20.1. The Bertz CT molecular complexity index is 1300. The lowest BCUT2D eigenvalue weighted by atomic mass is 10.2. The molecule has 35 heavy (non-hydrogen) atoms. The van der Waals surface area contributed by atoms with Gasteiger partial charge in [0.25, 0.3) is 5.22 Å². The zero-order valence-electron chi connectivity index (χ0n) is 18.5. The first kappa shape index (κ1) is 23.1. The lowest BCUT2D eigenvalue weighted by Gasteiger charge is -2.22. The summed E-state index contributed by atoms with van der Waals surface area (Å²) in [6.45, 7) is 0.644. The topological polar surface area (TPSA) is 110 Å². The predicted molar refractivity (Wildman–Crippen MR) is 131 cm³/mol. The van der Waals surface area contributed by atoms with Gasteiger partial charge in [0.05, 0.1) is 0 Å². The molecule has 2 aromatic carbocycles. The second kappa shape index (κ2) is 10.7. The Morgan fingerprint density at radius 3 is 2.69 bits per heavy atom. The summed E-state index contributed by atoms with van der Waals surface area (Å²) < 4.78 is 11.1. The second-order valence-corrected chi connectivity index (χ2v) is 9.54. The van der Waals surface area contributed by atoms with Crippen molar-refractivity contribution in [3.05, 3.63) is 71.6 Å². The molecule has 1 aliphatic heterocycles. The van der Waals surface area contributed by atoms with Crippen LogP contribution in [0.1, 0.15) is 18.4 Å². The van der Waals surface area contributed by atoms with Crippen molar-refractivity contribution in [3.8, 4) is 11.5 Å². The predicted octanol–water partition coefficient (Wildman–Crippen LogP) is 5.08. The molecule has 11 heteroatoms. The highest BCUT2D eigenvalue weighted by molar-refractivity contribution is 7.99. The molecule has 1 fully saturated rings. The van der Waals surface area contributed by atoms with Gasteiger partial charge in [-0.25, -0.2) is 9.78 Å². The molecule has 0 aliphatic carbocycles. The van der Waals surface area contributed by atoms with Crippen LogP contribution in [0.25, 0.3) is 11.5 Å². The van der Waals surface area contributed by atoms with Crippen LogP contribution in [0.4, 0.5) is 9.93 Å². The van der Waals surface area contributed by atoms with Gasteiger partial charge in [-0.3, -0.25) is 9.69 Å². The number of aromatic nitrogens is 3. The third-order valence-corrected chi connectivity index (χ3v) is 6.99. The quantitative estimate of drug-likeness (QED) is 0.369. The number of ether oxygens (including phenoxy) is 1. The zero-order chi connectivity index (χ0) is 24.0. The Balaban J connectivity index is 1.16. The van der Waals surface area contributed by atoms with Gasteiger partial charge in [0.15, 0.2) is 5.13 Å². The molecule has 178 valence electrons. The Labute approximate surface area is 209 Å². The highest BCUT2D eigenvalue weighted by atomic mass is 32.2. The summed E-state index contributed by atoms with van der Waals surface area (Å²) in [6, 6.07) is 18.3. The molecule has 9 nitrogen and oxygen atoms in total. The molecule has 0 saturated carbocycles. The normalized spacial score (nSPS) is 15.2. The largest absolute Gasteiger partial charge is 0.445 e. The molecule has 1 atom stereocenters. The Hall–Kier alpha value is -3.70. The molecule has 0 radical (unpaired) electrons. The molecular weight excluding hydrogens is 486 g/mol. The van der Waals surface area contributed by atoms with Crippen LogP contribution in [0.3, 0.4) is 0 Å². The van der Waals surface area contributed by atoms with E-state index in [1.165, 1.54) is 28.0 Å². The van der Waals surface area contributed by atoms with Crippen LogP contribution in [-0.2, 0) is 16.1 Å². The van der Waals surface area contributed by atoms with Gasteiger partial charge < -0.3 is 14.5 Å². The van der Waals surface area contributed by atoms with Crippen molar-refractivity contribution in [2.45, 2.75) is 35.7 Å². The van der Waals surface area contributed by atoms with Gasteiger partial charge in [-0.15, -0.1) is 21.5 Å². The summed E-state index contributed by atoms with van der Waals surface area (Å²) in [4.78, 5) is 31.4. The molecular formula is C24H21N5O4S2. The lowest BCUT2D eigenvalue weighted by Crippen LogP contribution is -2.43. The molecule has 1 saturated heterocycles. The van der Waals surface area contributed by atoms with Gasteiger partial charge in [0.1, 0.15) is 17.7 Å². The number of anilines is 1. The van der Waals surface area contributed by atoms with Crippen molar-refractivity contribution in [2.24, 2.45) is 0 Å². The van der Waals surface area contributed by atoms with Crippen molar-refractivity contribution in [2.75, 3.05) is 11.9 Å². The number of likely N-dealkylation sites (tertiary alicyclic amines) is 1. The maximum atomic E-state index is 12.9. The van der Waals surface area contributed by atoms with E-state index in [-0.39, 0.29) is 12.5 Å². The number of carbonyl (C=O) groups is 2. The molecule has 0 unspecified atom stereocenters. The van der Waals surface area contributed by atoms with Crippen LogP contribution in [0.2, 0.25) is 0 Å². The average molecular weight is 508 g/mol. The van der Waals surface area contributed by atoms with E-state index >= 15 is 0 Å². The van der Waals surface area contributed by atoms with Gasteiger partial charge in [-0.1, -0.05) is 48.5 Å². The fourth-order valence-electron chi connectivity index (χ4n) is 3.65. The second-order valence-electron chi connectivity index (χ2n) is 7.71. The molecule has 1 aliphatic rings. The average Bonchev–Trinajstić information content (AvgIpc) is 3.65. The standard InChI is InChI=1S/C24H21N5O4S2/c30-20(18-12-7-13-29(18)24(31)32-14-16-8-3-1-4-9-16)26-22-25-19(15-34-22)35-23-28-27-21(33-23)17-10-5-2-6-11-17/h1-6,8-11,15,18H,7,12-14H2,(H,25,26,30)/t18-/m0/s1. The van der Waals surface area contributed by atoms with Crippen molar-refractivity contribution in [1.82, 2.24) is 20.1 Å². The summed E-state index contributed by atoms with van der Waals surface area (Å²) >= 11 is 2.50. The van der Waals surface area contributed by atoms with Gasteiger partial charge in [0, 0.05) is 17.5 Å². The number of nitrogens with one attached hydrogen (secondary N) is 1. The Morgan fingerprint density at radius 2 is 1.89 bits per heavy atom. The summed E-state index contributed by atoms with van der Waals surface area (Å²) in [5.41, 5.74) is 1.73. The molecule has 2 aromatic heterocycles. The van der Waals surface area contributed by atoms with E-state index in [1.807, 2.05) is 60.7 Å². The van der Waals surface area contributed by atoms with Crippen molar-refractivity contribution < 1.29 is 18.7 Å². The number of nitrogens with zero attached hydrogens (tertiary/aromatic N) is 4. The van der Waals surface area contributed by atoms with E-state index in [1.54, 1.807) is 5.38 Å². The maximum absolute atomic E-state index is 12.9. The number of thiazole rings is 1. The van der Waals surface area contributed by atoms with Crippen LogP contribution >= 0.6 is 23.1 Å². The number of rotatable bonds is 7. The maximum Gasteiger partial charge on any atom is 0.410 e. The van der Waals surface area contributed by atoms with Crippen molar-refractivity contribution in [1.29, 1.82) is 0 Å². The van der Waals surface area contributed by atoms with Crippen LogP contribution in [0, 0.1) is 0 Å². The van der Waals surface area contributed by atoms with Crippen LogP contribution in [-0.4, -0.2) is 44.7 Å². The van der Waals surface area contributed by atoms with Gasteiger partial charge in [-0.2, -0.15) is 0 Å². The first-order valence-corrected chi connectivity index (χ1v) is 12.7. The minimum Gasteiger partial charge on any atom is -0.445 e. The van der Waals surface area contributed by atoms with E-state index in [0.717, 1.165) is 17.5 Å². The van der Waals surface area contributed by atoms with E-state index in [0.29, 0.717) is 34.2 Å². The smallest absolute Gasteiger partial charge is 0.410 e. The molecule has 0 spiro atoms. The number of amides is 2. The summed E-state index contributed by atoms with van der Waals surface area (Å²) in [6.07, 6.45) is 0.814. The van der Waals surface area contributed by atoms with Gasteiger partial charge in [0.2, 0.25) is 11.8 Å². The third kappa shape index (κ3) is 5.69. The molecule has 2 amide bonds. The fraction of sp³-hybridized carbons (Fsp3) is 0.208. The molecule has 3 heterocycles. The number of hydrogen-bond donors (Lipinski definition) is 1. The van der Waals surface area contributed by atoms with Crippen LogP contribution < -0.4 is 5.32 Å². The third-order valence-electron chi connectivity index (χ3n) is 5.33. The highest BCUT2D eigenvalue weighted by Crippen LogP contribution is 2.31. The molecule has 4 aromatic rings. The van der Waals surface area contributed by atoms with E-state index in [2.05, 4.69) is 20.5 Å². The van der Waals surface area contributed by atoms with E-state index < -0.39 is 12.1 Å². The lowest BCUT2D eigenvalue weighted by molar-refractivity contribution is -0.120. The number of carbonyl (C=O) groups excluding carboxylic acids is 2. The Kier molecular flexibility index (Phi) is 7.05. The highest BCUT2D eigenvalue weighted by Gasteiger charge is 2.35. The first-order valence-electron chi connectivity index (χ1n) is 11.0. The summed E-state index contributed by atoms with van der Waals surface area (Å²) in [5, 5.41) is 14.2. The van der Waals surface area contributed by atoms with E-state index in [4.69, 9.17) is 9.15 Å². The summed E-state index contributed by atoms with van der Waals surface area (Å²) in [5.74, 6) is 0.145. The minimum absolute atomic E-state index is 0.166. The Morgan fingerprint density at radius 1 is 1.11 bits per heavy atom. The first-order chi connectivity index (χ1) is 17.2. The molecule has 1 N–H and O–H groups in total. The van der Waals surface area contributed by atoms with Crippen LogP contribution in [0.5, 0.6) is 0 Å². The monoisotopic (exact) mass is 507 g/mol. The fourth-order valence-corrected chi connectivity index (χ4v) is 5.14. The number of hydrogen-bond acceptors (Lipinski definition) is 9. The SMILES string of the molecule is O=C(Nc1nc(Sc2nnc(-c3ccccc3)o2)cs1)[C@@H]1CCCN1C(=O)OCc1ccccc1. The van der Waals surface area contributed by atoms with Gasteiger partial charge in [-0.05, 0) is 42.3 Å². The van der Waals surface area contributed by atoms with Crippen molar-refractivity contribution >= 4 is 40.2 Å². The summed E-state index contributed by atoms with van der Waals surface area (Å²) in [7, 11) is 0. The van der Waals surface area contributed by atoms with Crippen LogP contribution in [0.15, 0.2) is 80.7 Å². The minimum atomic E-state index is -0.595. The van der Waals surface area contributed by atoms with Gasteiger partial charge >= 0.3 is 6.09 Å². The van der Waals surface area contributed by atoms with E-state index in [9.17, 15) is 9.59 Å². The number of benzene rings is 2. The van der Waals surface area contributed by atoms with Crippen molar-refractivity contribution in [3.63, 3.8) is 0 Å².